The Morgan fingerprint density at radius 2 is 1.19 bits per heavy atom. The van der Waals surface area contributed by atoms with E-state index in [9.17, 15) is 49.4 Å². The quantitative estimate of drug-likeness (QED) is 0.193. The predicted molar refractivity (Wildman–Crippen MR) is 79.5 cm³/mol. The minimum Gasteiger partial charge on any atom is -0.493 e. The fraction of sp³-hybridized carbons (Fsp3) is 0.0588. The average Bonchev–Trinajstić information content (AvgIpc) is 2.97. The number of aromatic nitrogens is 2. The third-order valence-electron chi connectivity index (χ3n) is 4.00. The Hall–Kier alpha value is -2.99. The predicted octanol–water partition coefficient (Wildman–Crippen LogP) is 4.37. The molecule has 2 aromatic carbocycles. The van der Waals surface area contributed by atoms with Crippen LogP contribution in [0.4, 0.5) is 39.5 Å². The fourth-order valence-corrected chi connectivity index (χ4v) is 2.61. The third kappa shape index (κ3) is 3.55. The first kappa shape index (κ1) is 24.3. The van der Waals surface area contributed by atoms with E-state index in [2.05, 4.69) is 5.10 Å². The van der Waals surface area contributed by atoms with Crippen molar-refractivity contribution in [2.75, 3.05) is 0 Å². The first-order valence-corrected chi connectivity index (χ1v) is 7.58. The fourth-order valence-electron chi connectivity index (χ4n) is 2.61. The van der Waals surface area contributed by atoms with E-state index in [1.165, 1.54) is 0 Å². The number of benzene rings is 2. The zero-order chi connectivity index (χ0) is 22.7. The number of carbonyl (C=O) groups is 1. The van der Waals surface area contributed by atoms with Crippen LogP contribution in [0.5, 0.6) is 5.88 Å². The standard InChI is InChI=1S/C17H5F9N2O2.Mn/c1-3-6(16(29)7-10(22)12(24)14(26)13(25)11(7)23)17(30)28(27-3)15-8(20)4(18)2-5(19)9(15)21;/h2,30H,1H3;. The summed E-state index contributed by atoms with van der Waals surface area (Å²) >= 11 is 0. The second kappa shape index (κ2) is 8.27. The van der Waals surface area contributed by atoms with Gasteiger partial charge in [0.1, 0.15) is 16.8 Å². The zero-order valence-electron chi connectivity index (χ0n) is 14.6. The van der Waals surface area contributed by atoms with E-state index in [4.69, 9.17) is 0 Å². The summed E-state index contributed by atoms with van der Waals surface area (Å²) in [6, 6.07) is -0.164. The van der Waals surface area contributed by atoms with Crippen molar-refractivity contribution in [3.8, 4) is 11.6 Å². The first-order valence-electron chi connectivity index (χ1n) is 7.58. The van der Waals surface area contributed by atoms with Crippen LogP contribution >= 0.6 is 0 Å². The van der Waals surface area contributed by atoms with Crippen LogP contribution in [0.1, 0.15) is 21.6 Å². The topological polar surface area (TPSA) is 55.1 Å². The molecule has 31 heavy (non-hydrogen) atoms. The van der Waals surface area contributed by atoms with Gasteiger partial charge in [0, 0.05) is 23.1 Å². The van der Waals surface area contributed by atoms with Crippen molar-refractivity contribution < 1.29 is 66.5 Å². The number of aromatic hydroxyl groups is 1. The summed E-state index contributed by atoms with van der Waals surface area (Å²) in [6.07, 6.45) is 0. The van der Waals surface area contributed by atoms with Gasteiger partial charge in [-0.1, -0.05) is 0 Å². The smallest absolute Gasteiger partial charge is 0.226 e. The molecule has 0 unspecified atom stereocenters. The average molecular weight is 495 g/mol. The van der Waals surface area contributed by atoms with Crippen LogP contribution in [0.3, 0.4) is 0 Å². The number of aryl methyl sites for hydroxylation is 1. The first-order chi connectivity index (χ1) is 13.9. The van der Waals surface area contributed by atoms with Crippen molar-refractivity contribution in [2.45, 2.75) is 6.92 Å². The van der Waals surface area contributed by atoms with Crippen molar-refractivity contribution in [1.29, 1.82) is 0 Å². The molecule has 165 valence electrons. The van der Waals surface area contributed by atoms with Gasteiger partial charge in [-0.05, 0) is 6.92 Å². The second-order valence-electron chi connectivity index (χ2n) is 5.79. The number of carbonyl (C=O) groups excluding carboxylic acids is 1. The number of hydrogen-bond acceptors (Lipinski definition) is 3. The summed E-state index contributed by atoms with van der Waals surface area (Å²) in [7, 11) is 0. The maximum absolute atomic E-state index is 14.0. The van der Waals surface area contributed by atoms with E-state index in [0.717, 1.165) is 6.92 Å². The minimum absolute atomic E-state index is 0. The van der Waals surface area contributed by atoms with Gasteiger partial charge in [0.15, 0.2) is 46.5 Å². The Kier molecular flexibility index (Phi) is 6.48. The summed E-state index contributed by atoms with van der Waals surface area (Å²) in [5.74, 6) is -24.1. The van der Waals surface area contributed by atoms with Crippen LogP contribution in [-0.4, -0.2) is 20.7 Å². The van der Waals surface area contributed by atoms with Gasteiger partial charge in [-0.2, -0.15) is 9.78 Å². The Morgan fingerprint density at radius 1 is 0.774 bits per heavy atom. The maximum Gasteiger partial charge on any atom is 0.226 e. The molecular weight excluding hydrogens is 490 g/mol. The molecule has 1 radical (unpaired) electrons. The molecule has 0 aliphatic carbocycles. The van der Waals surface area contributed by atoms with Crippen molar-refractivity contribution >= 4 is 5.78 Å². The number of hydrogen-bond donors (Lipinski definition) is 1. The molecule has 0 aliphatic heterocycles. The summed E-state index contributed by atoms with van der Waals surface area (Å²) in [4.78, 5) is 12.4. The van der Waals surface area contributed by atoms with Crippen molar-refractivity contribution in [3.63, 3.8) is 0 Å². The van der Waals surface area contributed by atoms with Gasteiger partial charge in [-0.15, -0.1) is 0 Å². The Morgan fingerprint density at radius 3 is 1.65 bits per heavy atom. The van der Waals surface area contributed by atoms with Crippen LogP contribution in [0.25, 0.3) is 5.69 Å². The molecule has 0 atom stereocenters. The van der Waals surface area contributed by atoms with E-state index in [1.807, 2.05) is 0 Å². The van der Waals surface area contributed by atoms with Crippen LogP contribution in [-0.2, 0) is 17.1 Å². The molecule has 4 nitrogen and oxygen atoms in total. The SMILES string of the molecule is Cc1nn(-c2c(F)c(F)cc(F)c2F)c(O)c1C(=O)c1c(F)c(F)c(F)c(F)c1F.[Mn]. The van der Waals surface area contributed by atoms with Gasteiger partial charge in [0.2, 0.25) is 17.5 Å². The van der Waals surface area contributed by atoms with Crippen LogP contribution in [0, 0.1) is 59.3 Å². The number of nitrogens with zero attached hydrogens (tertiary/aromatic N) is 2. The molecule has 1 aromatic heterocycles. The van der Waals surface area contributed by atoms with Gasteiger partial charge in [-0.25, -0.2) is 39.5 Å². The summed E-state index contributed by atoms with van der Waals surface area (Å²) in [5, 5.41) is 13.4. The summed E-state index contributed by atoms with van der Waals surface area (Å²) in [6.45, 7) is 0.848. The van der Waals surface area contributed by atoms with Gasteiger partial charge in [0.25, 0.3) is 0 Å². The van der Waals surface area contributed by atoms with Crippen LogP contribution < -0.4 is 0 Å². The van der Waals surface area contributed by atoms with Gasteiger partial charge in [-0.3, -0.25) is 4.79 Å². The van der Waals surface area contributed by atoms with Crippen molar-refractivity contribution in [3.05, 3.63) is 75.2 Å². The molecule has 0 amide bonds. The van der Waals surface area contributed by atoms with E-state index in [-0.39, 0.29) is 27.8 Å². The van der Waals surface area contributed by atoms with Gasteiger partial charge < -0.3 is 5.11 Å². The van der Waals surface area contributed by atoms with Crippen molar-refractivity contribution in [1.82, 2.24) is 9.78 Å². The van der Waals surface area contributed by atoms with E-state index in [1.54, 1.807) is 0 Å². The number of halogens is 9. The summed E-state index contributed by atoms with van der Waals surface area (Å²) in [5.41, 5.74) is -5.58. The van der Waals surface area contributed by atoms with Gasteiger partial charge in [0.05, 0.1) is 5.69 Å². The monoisotopic (exact) mass is 495 g/mol. The molecule has 3 aromatic rings. The van der Waals surface area contributed by atoms with E-state index < -0.39 is 86.5 Å². The number of rotatable bonds is 3. The summed E-state index contributed by atoms with van der Waals surface area (Å²) < 4.78 is 122. The van der Waals surface area contributed by atoms with Crippen molar-refractivity contribution in [2.24, 2.45) is 0 Å². The second-order valence-corrected chi connectivity index (χ2v) is 5.79. The molecular formula is C17H5F9MnN2O2. The molecule has 0 spiro atoms. The van der Waals surface area contributed by atoms with E-state index >= 15 is 0 Å². The third-order valence-corrected chi connectivity index (χ3v) is 4.00. The molecule has 1 N–H and O–H groups in total. The molecule has 0 saturated carbocycles. The molecule has 0 fully saturated rings. The van der Waals surface area contributed by atoms with Gasteiger partial charge >= 0.3 is 0 Å². The molecule has 0 saturated heterocycles. The molecule has 0 aliphatic rings. The normalized spacial score (nSPS) is 10.9. The maximum atomic E-state index is 14.0. The molecule has 3 rings (SSSR count). The molecule has 14 heteroatoms. The van der Waals surface area contributed by atoms with Crippen LogP contribution in [0.15, 0.2) is 6.07 Å². The van der Waals surface area contributed by atoms with Crippen LogP contribution in [0.2, 0.25) is 0 Å². The van der Waals surface area contributed by atoms with E-state index in [0.29, 0.717) is 0 Å². The number of ketones is 1. The molecule has 1 heterocycles. The molecule has 0 bridgehead atoms. The Balaban J connectivity index is 0.00000341. The Labute approximate surface area is 176 Å². The largest absolute Gasteiger partial charge is 0.493 e. The minimum atomic E-state index is -2.56. The Bertz CT molecular complexity index is 1190. The zero-order valence-corrected chi connectivity index (χ0v) is 15.8.